The van der Waals surface area contributed by atoms with Crippen molar-refractivity contribution in [3.63, 3.8) is 0 Å². The van der Waals surface area contributed by atoms with E-state index in [1.165, 1.54) is 6.07 Å². The zero-order valence-corrected chi connectivity index (χ0v) is 8.90. The molecule has 0 unspecified atom stereocenters. The van der Waals surface area contributed by atoms with Gasteiger partial charge in [0.1, 0.15) is 6.07 Å². The van der Waals surface area contributed by atoms with Gasteiger partial charge in [-0.1, -0.05) is 17.7 Å². The summed E-state index contributed by atoms with van der Waals surface area (Å²) in [6, 6.07) is 3.50. The van der Waals surface area contributed by atoms with Crippen molar-refractivity contribution >= 4 is 23.5 Å². The van der Waals surface area contributed by atoms with Gasteiger partial charge in [-0.3, -0.25) is 9.59 Å². The molecule has 0 aromatic heterocycles. The van der Waals surface area contributed by atoms with Crippen LogP contribution in [0.15, 0.2) is 12.1 Å². The molecule has 0 saturated carbocycles. The van der Waals surface area contributed by atoms with Crippen LogP contribution in [0.5, 0.6) is 0 Å². The lowest BCUT2D eigenvalue weighted by atomic mass is 9.98. The Kier molecular flexibility index (Phi) is 3.66. The van der Waals surface area contributed by atoms with Crippen LogP contribution in [0.3, 0.4) is 0 Å². The predicted octanol–water partition coefficient (Wildman–Crippen LogP) is 1.60. The summed E-state index contributed by atoms with van der Waals surface area (Å²) in [5, 5.41) is 25.3. The molecule has 0 fully saturated rings. The minimum Gasteiger partial charge on any atom is -0.480 e. The van der Waals surface area contributed by atoms with Crippen LogP contribution >= 0.6 is 11.6 Å². The molecule has 17 heavy (non-hydrogen) atoms. The average Bonchev–Trinajstić information content (AvgIpc) is 2.24. The van der Waals surface area contributed by atoms with Gasteiger partial charge in [-0.25, -0.2) is 4.39 Å². The maximum Gasteiger partial charge on any atom is 0.322 e. The van der Waals surface area contributed by atoms with Gasteiger partial charge in [-0.15, -0.1) is 0 Å². The number of rotatable bonds is 3. The lowest BCUT2D eigenvalue weighted by Crippen LogP contribution is -2.21. The molecular weight excluding hydrogens is 253 g/mol. The standard InChI is InChI=1S/C10H5ClFNO4/c11-7-5(6(9(14)15)10(16)17)2-1-4(3-13)8(7)12/h1-2,6H,(H,14,15)(H,16,17). The topological polar surface area (TPSA) is 98.4 Å². The largest absolute Gasteiger partial charge is 0.480 e. The fraction of sp³-hybridized carbons (Fsp3) is 0.100. The molecule has 0 aliphatic carbocycles. The Hall–Kier alpha value is -2.13. The van der Waals surface area contributed by atoms with Gasteiger partial charge in [0, 0.05) is 0 Å². The van der Waals surface area contributed by atoms with Gasteiger partial charge in [0.25, 0.3) is 0 Å². The quantitative estimate of drug-likeness (QED) is 0.802. The van der Waals surface area contributed by atoms with E-state index in [1.807, 2.05) is 0 Å². The van der Waals surface area contributed by atoms with Gasteiger partial charge < -0.3 is 10.2 Å². The highest BCUT2D eigenvalue weighted by molar-refractivity contribution is 6.32. The molecule has 88 valence electrons. The van der Waals surface area contributed by atoms with E-state index in [-0.39, 0.29) is 5.56 Å². The molecular formula is C10H5ClFNO4. The van der Waals surface area contributed by atoms with Crippen molar-refractivity contribution in [3.8, 4) is 6.07 Å². The van der Waals surface area contributed by atoms with Gasteiger partial charge in [-0.05, 0) is 11.6 Å². The number of nitriles is 1. The fourth-order valence-electron chi connectivity index (χ4n) is 1.25. The highest BCUT2D eigenvalue weighted by Crippen LogP contribution is 2.29. The van der Waals surface area contributed by atoms with E-state index in [2.05, 4.69) is 0 Å². The van der Waals surface area contributed by atoms with E-state index in [1.54, 1.807) is 0 Å². The van der Waals surface area contributed by atoms with Gasteiger partial charge in [-0.2, -0.15) is 5.26 Å². The maximum absolute atomic E-state index is 13.4. The van der Waals surface area contributed by atoms with Crippen molar-refractivity contribution in [2.45, 2.75) is 5.92 Å². The Balaban J connectivity index is 3.43. The number of carboxylic acid groups (broad SMARTS) is 2. The molecule has 0 heterocycles. The molecule has 0 radical (unpaired) electrons. The minimum absolute atomic E-state index is 0.381. The molecule has 0 saturated heterocycles. The zero-order chi connectivity index (χ0) is 13.2. The zero-order valence-electron chi connectivity index (χ0n) is 8.15. The van der Waals surface area contributed by atoms with E-state index in [0.717, 1.165) is 12.1 Å². The van der Waals surface area contributed by atoms with Crippen molar-refractivity contribution in [3.05, 3.63) is 34.1 Å². The fourth-order valence-corrected chi connectivity index (χ4v) is 1.52. The summed E-state index contributed by atoms with van der Waals surface area (Å²) in [6.07, 6.45) is 0. The molecule has 0 aliphatic rings. The molecule has 0 bridgehead atoms. The van der Waals surface area contributed by atoms with Crippen molar-refractivity contribution in [2.75, 3.05) is 0 Å². The third-order valence-corrected chi connectivity index (χ3v) is 2.42. The number of hydrogen-bond donors (Lipinski definition) is 2. The molecule has 0 spiro atoms. The number of halogens is 2. The summed E-state index contributed by atoms with van der Waals surface area (Å²) in [5.74, 6) is -6.42. The molecule has 0 aliphatic heterocycles. The Morgan fingerprint density at radius 3 is 2.29 bits per heavy atom. The number of hydrogen-bond acceptors (Lipinski definition) is 3. The summed E-state index contributed by atoms with van der Waals surface area (Å²) >= 11 is 5.51. The average molecular weight is 258 g/mol. The van der Waals surface area contributed by atoms with Crippen LogP contribution in [-0.4, -0.2) is 22.2 Å². The van der Waals surface area contributed by atoms with Crippen LogP contribution in [0.2, 0.25) is 5.02 Å². The third-order valence-electron chi connectivity index (χ3n) is 2.04. The van der Waals surface area contributed by atoms with E-state index in [0.29, 0.717) is 0 Å². The molecule has 0 amide bonds. The highest BCUT2D eigenvalue weighted by Gasteiger charge is 2.31. The second-order valence-electron chi connectivity index (χ2n) is 3.05. The second-order valence-corrected chi connectivity index (χ2v) is 3.43. The van der Waals surface area contributed by atoms with Gasteiger partial charge in [0.2, 0.25) is 0 Å². The molecule has 5 nitrogen and oxygen atoms in total. The van der Waals surface area contributed by atoms with Crippen molar-refractivity contribution in [2.24, 2.45) is 0 Å². The van der Waals surface area contributed by atoms with Crippen LogP contribution in [0, 0.1) is 17.1 Å². The molecule has 1 aromatic rings. The number of benzene rings is 1. The van der Waals surface area contributed by atoms with Crippen LogP contribution in [-0.2, 0) is 9.59 Å². The normalized spacial score (nSPS) is 10.0. The molecule has 2 N–H and O–H groups in total. The minimum atomic E-state index is -1.97. The lowest BCUT2D eigenvalue weighted by Gasteiger charge is -2.10. The first-order valence-corrected chi connectivity index (χ1v) is 4.61. The number of aliphatic carboxylic acids is 2. The van der Waals surface area contributed by atoms with E-state index < -0.39 is 34.3 Å². The predicted molar refractivity (Wildman–Crippen MR) is 54.1 cm³/mol. The Morgan fingerprint density at radius 2 is 1.88 bits per heavy atom. The van der Waals surface area contributed by atoms with Crippen LogP contribution in [0.1, 0.15) is 17.0 Å². The maximum atomic E-state index is 13.4. The first-order valence-electron chi connectivity index (χ1n) is 4.23. The van der Waals surface area contributed by atoms with Gasteiger partial charge in [0.15, 0.2) is 11.7 Å². The summed E-state index contributed by atoms with van der Waals surface area (Å²) in [7, 11) is 0. The number of carboxylic acids is 2. The number of carbonyl (C=O) groups is 2. The van der Waals surface area contributed by atoms with E-state index >= 15 is 0 Å². The van der Waals surface area contributed by atoms with Crippen LogP contribution in [0.25, 0.3) is 0 Å². The monoisotopic (exact) mass is 257 g/mol. The lowest BCUT2D eigenvalue weighted by molar-refractivity contribution is -0.150. The first kappa shape index (κ1) is 12.9. The highest BCUT2D eigenvalue weighted by atomic mass is 35.5. The van der Waals surface area contributed by atoms with Crippen molar-refractivity contribution in [1.82, 2.24) is 0 Å². The molecule has 0 atom stereocenters. The summed E-state index contributed by atoms with van der Waals surface area (Å²) in [4.78, 5) is 21.5. The van der Waals surface area contributed by atoms with Crippen LogP contribution in [0.4, 0.5) is 4.39 Å². The second kappa shape index (κ2) is 4.80. The SMILES string of the molecule is N#Cc1ccc(C(C(=O)O)C(=O)O)c(Cl)c1F. The molecule has 1 aromatic carbocycles. The van der Waals surface area contributed by atoms with Gasteiger partial charge in [0.05, 0.1) is 10.6 Å². The van der Waals surface area contributed by atoms with Crippen molar-refractivity contribution < 1.29 is 24.2 Å². The molecule has 7 heteroatoms. The summed E-state index contributed by atoms with van der Waals surface area (Å²) in [6.45, 7) is 0. The summed E-state index contributed by atoms with van der Waals surface area (Å²) < 4.78 is 13.4. The Labute approximate surface area is 99.7 Å². The van der Waals surface area contributed by atoms with Gasteiger partial charge >= 0.3 is 11.9 Å². The summed E-state index contributed by atoms with van der Waals surface area (Å²) in [5.41, 5.74) is -0.781. The Bertz CT molecular complexity index is 524. The smallest absolute Gasteiger partial charge is 0.322 e. The number of nitrogens with zero attached hydrogens (tertiary/aromatic N) is 1. The Morgan fingerprint density at radius 1 is 1.35 bits per heavy atom. The van der Waals surface area contributed by atoms with Crippen molar-refractivity contribution in [1.29, 1.82) is 5.26 Å². The third kappa shape index (κ3) is 2.34. The van der Waals surface area contributed by atoms with E-state index in [4.69, 9.17) is 27.1 Å². The first-order chi connectivity index (χ1) is 7.90. The molecule has 1 rings (SSSR count). The van der Waals surface area contributed by atoms with Crippen LogP contribution < -0.4 is 0 Å². The van der Waals surface area contributed by atoms with E-state index in [9.17, 15) is 14.0 Å².